The molecule has 1 aromatic heterocycles. The van der Waals surface area contributed by atoms with Crippen LogP contribution in [0.1, 0.15) is 42.4 Å². The van der Waals surface area contributed by atoms with E-state index >= 15 is 0 Å². The number of hydrogen-bond acceptors (Lipinski definition) is 4. The summed E-state index contributed by atoms with van der Waals surface area (Å²) in [4.78, 5) is 16.3. The number of aromatic nitrogens is 1. The van der Waals surface area contributed by atoms with E-state index in [1.165, 1.54) is 0 Å². The Kier molecular flexibility index (Phi) is 4.72. The molecule has 0 aliphatic heterocycles. The summed E-state index contributed by atoms with van der Waals surface area (Å²) in [7, 11) is -1.17. The van der Waals surface area contributed by atoms with Crippen molar-refractivity contribution < 1.29 is 9.00 Å². The summed E-state index contributed by atoms with van der Waals surface area (Å²) in [5.41, 5.74) is 5.60. The minimum absolute atomic E-state index is 0.192. The van der Waals surface area contributed by atoms with E-state index in [4.69, 9.17) is 5.84 Å². The van der Waals surface area contributed by atoms with Gasteiger partial charge in [-0.15, -0.1) is 0 Å². The highest BCUT2D eigenvalue weighted by Crippen LogP contribution is 2.33. The number of nitrogens with one attached hydrogen (secondary N) is 2. The Bertz CT molecular complexity index is 797. The molecular weight excluding hydrogens is 312 g/mol. The van der Waals surface area contributed by atoms with Gasteiger partial charge in [0, 0.05) is 17.3 Å². The summed E-state index contributed by atoms with van der Waals surface area (Å²) >= 11 is 0. The van der Waals surface area contributed by atoms with E-state index in [1.54, 1.807) is 12.3 Å². The number of carbonyl (C=O) groups excluding carboxylic acids is 1. The van der Waals surface area contributed by atoms with Crippen LogP contribution in [0.15, 0.2) is 18.2 Å². The zero-order valence-electron chi connectivity index (χ0n) is 14.0. The molecule has 2 aromatic rings. The largest absolute Gasteiger partial charge is 0.305 e. The Hall–Kier alpha value is -1.99. The molecule has 1 amide bonds. The molecule has 0 bridgehead atoms. The fourth-order valence-corrected chi connectivity index (χ4v) is 2.93. The van der Waals surface area contributed by atoms with Gasteiger partial charge in [-0.3, -0.25) is 10.2 Å². The fraction of sp³-hybridized carbons (Fsp3) is 0.375. The third kappa shape index (κ3) is 3.68. The van der Waals surface area contributed by atoms with Crippen LogP contribution in [-0.2, 0) is 16.4 Å². The molecule has 0 aliphatic rings. The van der Waals surface area contributed by atoms with Crippen molar-refractivity contribution in [2.24, 2.45) is 5.84 Å². The monoisotopic (exact) mass is 334 g/mol. The second-order valence-electron chi connectivity index (χ2n) is 6.52. The molecule has 0 radical (unpaired) electrons. The first kappa shape index (κ1) is 17.4. The third-order valence-electron chi connectivity index (χ3n) is 3.55. The molecule has 0 saturated heterocycles. The predicted molar refractivity (Wildman–Crippen MR) is 94.5 cm³/mol. The minimum Gasteiger partial charge on any atom is -0.305 e. The number of aryl methyl sites for hydroxylation is 1. The van der Waals surface area contributed by atoms with Gasteiger partial charge in [0.25, 0.3) is 5.91 Å². The fourth-order valence-electron chi connectivity index (χ4n) is 2.48. The number of anilines is 1. The molecule has 23 heavy (non-hydrogen) atoms. The van der Waals surface area contributed by atoms with Crippen molar-refractivity contribution in [1.29, 1.82) is 0 Å². The van der Waals surface area contributed by atoms with E-state index in [-0.39, 0.29) is 11.1 Å². The Morgan fingerprint density at radius 3 is 2.43 bits per heavy atom. The molecule has 4 N–H and O–H groups in total. The topological polar surface area (TPSA) is 97.1 Å². The lowest BCUT2D eigenvalue weighted by Gasteiger charge is -2.23. The zero-order valence-corrected chi connectivity index (χ0v) is 14.8. The van der Waals surface area contributed by atoms with Gasteiger partial charge in [-0.2, -0.15) is 0 Å². The van der Waals surface area contributed by atoms with Crippen LogP contribution in [0, 0.1) is 6.92 Å². The average Bonchev–Trinajstić information content (AvgIpc) is 2.44. The molecular formula is C16H22N4O2S. The number of carbonyl (C=O) groups is 1. The highest BCUT2D eigenvalue weighted by molar-refractivity contribution is 7.85. The van der Waals surface area contributed by atoms with E-state index in [2.05, 4.69) is 35.9 Å². The van der Waals surface area contributed by atoms with E-state index in [0.717, 1.165) is 27.7 Å². The first-order valence-corrected chi connectivity index (χ1v) is 8.76. The molecule has 6 nitrogen and oxygen atoms in total. The van der Waals surface area contributed by atoms with Gasteiger partial charge >= 0.3 is 0 Å². The minimum atomic E-state index is -1.17. The SMILES string of the molecule is Cc1cc(C(=O)NN)nc2c(C(C)(C)C)cc(NS(C)=O)cc12. The number of fused-ring (bicyclic) bond motifs is 1. The average molecular weight is 334 g/mol. The van der Waals surface area contributed by atoms with Gasteiger partial charge in [0.1, 0.15) is 16.7 Å². The molecule has 0 fully saturated rings. The summed E-state index contributed by atoms with van der Waals surface area (Å²) in [6.45, 7) is 8.12. The summed E-state index contributed by atoms with van der Waals surface area (Å²) < 4.78 is 14.4. The van der Waals surface area contributed by atoms with Gasteiger partial charge < -0.3 is 4.72 Å². The first-order valence-electron chi connectivity index (χ1n) is 7.20. The van der Waals surface area contributed by atoms with Crippen molar-refractivity contribution in [3.63, 3.8) is 0 Å². The summed E-state index contributed by atoms with van der Waals surface area (Å²) in [5.74, 6) is 4.79. The van der Waals surface area contributed by atoms with Gasteiger partial charge in [0.15, 0.2) is 0 Å². The van der Waals surface area contributed by atoms with Crippen LogP contribution in [0.5, 0.6) is 0 Å². The van der Waals surface area contributed by atoms with Gasteiger partial charge in [-0.1, -0.05) is 20.8 Å². The standard InChI is InChI=1S/C16H22N4O2S/c1-9-6-13(15(21)19-17)18-14-11(9)7-10(20-23(5)22)8-12(14)16(2,3)4/h6-8,20H,17H2,1-5H3,(H,19,21). The lowest BCUT2D eigenvalue weighted by molar-refractivity contribution is 0.0949. The van der Waals surface area contributed by atoms with Crippen LogP contribution >= 0.6 is 0 Å². The van der Waals surface area contributed by atoms with Gasteiger partial charge in [-0.25, -0.2) is 15.0 Å². The maximum atomic E-state index is 11.8. The first-order chi connectivity index (χ1) is 10.6. The highest BCUT2D eigenvalue weighted by atomic mass is 32.2. The zero-order chi connectivity index (χ0) is 17.4. The Balaban J connectivity index is 2.82. The lowest BCUT2D eigenvalue weighted by Crippen LogP contribution is -2.31. The van der Waals surface area contributed by atoms with Crippen molar-refractivity contribution in [3.8, 4) is 0 Å². The predicted octanol–water partition coefficient (Wildman–Crippen LogP) is 2.15. The number of nitrogens with zero attached hydrogens (tertiary/aromatic N) is 1. The third-order valence-corrected chi connectivity index (χ3v) is 4.08. The molecule has 1 atom stereocenters. The van der Waals surface area contributed by atoms with Gasteiger partial charge in [0.05, 0.1) is 5.52 Å². The second-order valence-corrected chi connectivity index (χ2v) is 7.64. The Morgan fingerprint density at radius 2 is 1.91 bits per heavy atom. The number of hydrogen-bond donors (Lipinski definition) is 3. The molecule has 0 aliphatic carbocycles. The highest BCUT2D eigenvalue weighted by Gasteiger charge is 2.21. The Morgan fingerprint density at radius 1 is 1.26 bits per heavy atom. The van der Waals surface area contributed by atoms with E-state index in [1.807, 2.05) is 19.1 Å². The van der Waals surface area contributed by atoms with Gasteiger partial charge in [-0.05, 0) is 41.7 Å². The lowest BCUT2D eigenvalue weighted by atomic mass is 9.84. The maximum absolute atomic E-state index is 11.8. The van der Waals surface area contributed by atoms with Crippen molar-refractivity contribution in [3.05, 3.63) is 35.0 Å². The summed E-state index contributed by atoms with van der Waals surface area (Å²) in [5, 5.41) is 0.916. The van der Waals surface area contributed by atoms with Crippen LogP contribution in [0.3, 0.4) is 0 Å². The number of amides is 1. The molecule has 1 aromatic carbocycles. The number of nitrogen functional groups attached to an aromatic ring is 1. The van der Waals surface area contributed by atoms with Crippen molar-refractivity contribution in [2.75, 3.05) is 11.0 Å². The van der Waals surface area contributed by atoms with Crippen molar-refractivity contribution in [2.45, 2.75) is 33.1 Å². The van der Waals surface area contributed by atoms with E-state index in [9.17, 15) is 9.00 Å². The normalized spacial score (nSPS) is 13.0. The Labute approximate surface area is 138 Å². The number of benzene rings is 1. The molecule has 7 heteroatoms. The molecule has 2 rings (SSSR count). The quantitative estimate of drug-likeness (QED) is 0.455. The van der Waals surface area contributed by atoms with Gasteiger partial charge in [0.2, 0.25) is 0 Å². The number of hydrazine groups is 1. The molecule has 124 valence electrons. The van der Waals surface area contributed by atoms with Crippen molar-refractivity contribution >= 4 is 33.5 Å². The van der Waals surface area contributed by atoms with Crippen LogP contribution in [-0.4, -0.2) is 21.4 Å². The summed E-state index contributed by atoms with van der Waals surface area (Å²) in [6.07, 6.45) is 1.58. The molecule has 0 saturated carbocycles. The molecule has 1 heterocycles. The smallest absolute Gasteiger partial charge is 0.283 e. The van der Waals surface area contributed by atoms with E-state index in [0.29, 0.717) is 0 Å². The second kappa shape index (κ2) is 6.25. The van der Waals surface area contributed by atoms with Crippen LogP contribution < -0.4 is 16.0 Å². The molecule has 0 spiro atoms. The number of nitrogens with two attached hydrogens (primary N) is 1. The van der Waals surface area contributed by atoms with Crippen molar-refractivity contribution in [1.82, 2.24) is 10.4 Å². The van der Waals surface area contributed by atoms with Crippen LogP contribution in [0.2, 0.25) is 0 Å². The molecule has 1 unspecified atom stereocenters. The number of pyridine rings is 1. The number of rotatable bonds is 3. The van der Waals surface area contributed by atoms with Crippen LogP contribution in [0.25, 0.3) is 10.9 Å². The maximum Gasteiger partial charge on any atom is 0.283 e. The summed E-state index contributed by atoms with van der Waals surface area (Å²) in [6, 6.07) is 5.53. The van der Waals surface area contributed by atoms with Crippen LogP contribution in [0.4, 0.5) is 5.69 Å². The van der Waals surface area contributed by atoms with E-state index < -0.39 is 16.9 Å².